The van der Waals surface area contributed by atoms with E-state index in [1.807, 2.05) is 24.3 Å². The maximum Gasteiger partial charge on any atom is 0.119 e. The normalized spacial score (nSPS) is 23.5. The van der Waals surface area contributed by atoms with E-state index < -0.39 is 6.10 Å². The number of fused-ring (bicyclic) bond motifs is 1. The van der Waals surface area contributed by atoms with Gasteiger partial charge in [-0.1, -0.05) is 13.0 Å². The third-order valence-electron chi connectivity index (χ3n) is 5.83. The Balaban J connectivity index is 1.81. The van der Waals surface area contributed by atoms with Gasteiger partial charge in [0.15, 0.2) is 0 Å². The third kappa shape index (κ3) is 3.92. The summed E-state index contributed by atoms with van der Waals surface area (Å²) in [5, 5.41) is 12.1. The van der Waals surface area contributed by atoms with Gasteiger partial charge in [-0.25, -0.2) is 0 Å². The van der Waals surface area contributed by atoms with E-state index in [0.29, 0.717) is 11.8 Å². The molecule has 1 N–H and O–H groups in total. The molecule has 1 saturated heterocycles. The summed E-state index contributed by atoms with van der Waals surface area (Å²) in [5.41, 5.74) is 1.82. The van der Waals surface area contributed by atoms with Crippen molar-refractivity contribution >= 4 is 10.9 Å². The Kier molecular flexibility index (Phi) is 5.94. The first-order valence-electron chi connectivity index (χ1n) is 9.45. The smallest absolute Gasteiger partial charge is 0.119 e. The number of nitrogens with zero attached hydrogens (tertiary/aromatic N) is 2. The van der Waals surface area contributed by atoms with Crippen molar-refractivity contribution in [3.05, 3.63) is 48.7 Å². The number of aromatic nitrogens is 1. The lowest BCUT2D eigenvalue weighted by Crippen LogP contribution is -2.38. The number of rotatable bonds is 6. The number of aliphatic hydroxyl groups is 1. The van der Waals surface area contributed by atoms with Crippen LogP contribution in [0.1, 0.15) is 31.4 Å². The maximum absolute atomic E-state index is 11.1. The molecule has 1 aliphatic rings. The molecule has 1 aromatic heterocycles. The molecule has 0 amide bonds. The van der Waals surface area contributed by atoms with Gasteiger partial charge < -0.3 is 14.7 Å². The van der Waals surface area contributed by atoms with Crippen molar-refractivity contribution < 1.29 is 9.84 Å². The van der Waals surface area contributed by atoms with Gasteiger partial charge in [0.05, 0.1) is 18.7 Å². The van der Waals surface area contributed by atoms with E-state index in [1.165, 1.54) is 0 Å². The van der Waals surface area contributed by atoms with Crippen molar-refractivity contribution in [1.29, 1.82) is 0 Å². The van der Waals surface area contributed by atoms with Crippen LogP contribution in [0.4, 0.5) is 0 Å². The second-order valence-electron chi connectivity index (χ2n) is 7.65. The van der Waals surface area contributed by atoms with Crippen LogP contribution in [0, 0.1) is 17.8 Å². The Hall–Kier alpha value is -1.91. The Morgan fingerprint density at radius 2 is 2.23 bits per heavy atom. The zero-order valence-corrected chi connectivity index (χ0v) is 16.1. The van der Waals surface area contributed by atoms with E-state index in [2.05, 4.69) is 36.5 Å². The van der Waals surface area contributed by atoms with Gasteiger partial charge in [0, 0.05) is 18.1 Å². The fourth-order valence-electron chi connectivity index (χ4n) is 4.20. The molecule has 0 saturated carbocycles. The van der Waals surface area contributed by atoms with E-state index in [-0.39, 0.29) is 5.92 Å². The first-order valence-corrected chi connectivity index (χ1v) is 9.45. The van der Waals surface area contributed by atoms with Gasteiger partial charge in [-0.05, 0) is 74.0 Å². The third-order valence-corrected chi connectivity index (χ3v) is 5.83. The number of pyridine rings is 1. The van der Waals surface area contributed by atoms with E-state index in [9.17, 15) is 5.11 Å². The summed E-state index contributed by atoms with van der Waals surface area (Å²) < 4.78 is 5.35. The summed E-state index contributed by atoms with van der Waals surface area (Å²) in [5.74, 6) is 2.03. The highest BCUT2D eigenvalue weighted by molar-refractivity contribution is 5.83. The minimum Gasteiger partial charge on any atom is -0.497 e. The lowest BCUT2D eigenvalue weighted by atomic mass is 9.77. The quantitative estimate of drug-likeness (QED) is 0.795. The summed E-state index contributed by atoms with van der Waals surface area (Å²) in [7, 11) is 3.83. The number of hydrogen-bond donors (Lipinski definition) is 1. The second-order valence-corrected chi connectivity index (χ2v) is 7.65. The van der Waals surface area contributed by atoms with Crippen LogP contribution in [-0.2, 0) is 0 Å². The standard InChI is InChI=1S/C22H30N2O2/c1-5-16-14-24(3)11-9-17(16)12-15(2)22(25)19-8-10-23-21-7-6-18(26-4)13-20(19)21/h5-8,10,13,15-17,22,25H,1,9,11-12,14H2,2-4H3/t15-,16+,17+,22-/m1/s1. The monoisotopic (exact) mass is 354 g/mol. The van der Waals surface area contributed by atoms with Crippen molar-refractivity contribution in [1.82, 2.24) is 9.88 Å². The van der Waals surface area contributed by atoms with E-state index in [0.717, 1.165) is 48.1 Å². The highest BCUT2D eigenvalue weighted by atomic mass is 16.5. The first kappa shape index (κ1) is 18.9. The van der Waals surface area contributed by atoms with Crippen LogP contribution in [-0.4, -0.2) is 42.2 Å². The van der Waals surface area contributed by atoms with Crippen LogP contribution in [0.15, 0.2) is 43.1 Å². The molecule has 0 aliphatic carbocycles. The number of piperidine rings is 1. The van der Waals surface area contributed by atoms with E-state index in [4.69, 9.17) is 4.74 Å². The fourth-order valence-corrected chi connectivity index (χ4v) is 4.20. The molecule has 2 aromatic rings. The number of hydrogen-bond acceptors (Lipinski definition) is 4. The van der Waals surface area contributed by atoms with Gasteiger partial charge in [0.1, 0.15) is 5.75 Å². The summed E-state index contributed by atoms with van der Waals surface area (Å²) >= 11 is 0. The molecule has 2 heterocycles. The first-order chi connectivity index (χ1) is 12.5. The highest BCUT2D eigenvalue weighted by Gasteiger charge is 2.29. The van der Waals surface area contributed by atoms with Gasteiger partial charge in [-0.2, -0.15) is 0 Å². The van der Waals surface area contributed by atoms with Crippen LogP contribution in [0.25, 0.3) is 10.9 Å². The molecule has 1 fully saturated rings. The summed E-state index contributed by atoms with van der Waals surface area (Å²) in [6, 6.07) is 7.75. The molecule has 26 heavy (non-hydrogen) atoms. The second kappa shape index (κ2) is 8.19. The molecular formula is C22H30N2O2. The van der Waals surface area contributed by atoms with Gasteiger partial charge in [0.2, 0.25) is 0 Å². The number of benzene rings is 1. The number of likely N-dealkylation sites (tertiary alicyclic amines) is 1. The van der Waals surface area contributed by atoms with Gasteiger partial charge >= 0.3 is 0 Å². The van der Waals surface area contributed by atoms with Crippen molar-refractivity contribution in [2.75, 3.05) is 27.2 Å². The molecule has 4 nitrogen and oxygen atoms in total. The summed E-state index contributed by atoms with van der Waals surface area (Å²) in [6.07, 6.45) is 5.51. The fraction of sp³-hybridized carbons (Fsp3) is 0.500. The molecule has 0 unspecified atom stereocenters. The van der Waals surface area contributed by atoms with Crippen molar-refractivity contribution in [2.24, 2.45) is 17.8 Å². The predicted molar refractivity (Wildman–Crippen MR) is 106 cm³/mol. The van der Waals surface area contributed by atoms with Crippen LogP contribution >= 0.6 is 0 Å². The minimum absolute atomic E-state index is 0.169. The average molecular weight is 354 g/mol. The number of methoxy groups -OCH3 is 1. The lowest BCUT2D eigenvalue weighted by Gasteiger charge is -2.37. The van der Waals surface area contributed by atoms with Crippen molar-refractivity contribution in [3.63, 3.8) is 0 Å². The number of ether oxygens (including phenoxy) is 1. The topological polar surface area (TPSA) is 45.6 Å². The molecule has 4 atom stereocenters. The van der Waals surface area contributed by atoms with Crippen LogP contribution < -0.4 is 4.74 Å². The zero-order valence-electron chi connectivity index (χ0n) is 16.1. The molecule has 4 heteroatoms. The van der Waals surface area contributed by atoms with Crippen molar-refractivity contribution in [2.45, 2.75) is 25.9 Å². The number of aliphatic hydroxyl groups excluding tert-OH is 1. The molecule has 3 rings (SSSR count). The Morgan fingerprint density at radius 1 is 1.42 bits per heavy atom. The molecule has 0 spiro atoms. The molecular weight excluding hydrogens is 324 g/mol. The molecule has 140 valence electrons. The summed E-state index contributed by atoms with van der Waals surface area (Å²) in [6.45, 7) is 8.36. The largest absolute Gasteiger partial charge is 0.497 e. The predicted octanol–water partition coefficient (Wildman–Crippen LogP) is 4.06. The van der Waals surface area contributed by atoms with Crippen LogP contribution in [0.5, 0.6) is 5.75 Å². The van der Waals surface area contributed by atoms with E-state index in [1.54, 1.807) is 13.3 Å². The molecule has 1 aromatic carbocycles. The molecule has 0 radical (unpaired) electrons. The minimum atomic E-state index is -0.516. The Bertz CT molecular complexity index is 761. The van der Waals surface area contributed by atoms with Gasteiger partial charge in [0.25, 0.3) is 0 Å². The Morgan fingerprint density at radius 3 is 2.96 bits per heavy atom. The van der Waals surface area contributed by atoms with Crippen LogP contribution in [0.2, 0.25) is 0 Å². The molecule has 1 aliphatic heterocycles. The van der Waals surface area contributed by atoms with Gasteiger partial charge in [-0.15, -0.1) is 6.58 Å². The van der Waals surface area contributed by atoms with E-state index >= 15 is 0 Å². The zero-order chi connectivity index (χ0) is 18.7. The van der Waals surface area contributed by atoms with Crippen molar-refractivity contribution in [3.8, 4) is 5.75 Å². The van der Waals surface area contributed by atoms with Crippen LogP contribution in [0.3, 0.4) is 0 Å². The average Bonchev–Trinajstić information content (AvgIpc) is 2.67. The summed E-state index contributed by atoms with van der Waals surface area (Å²) in [4.78, 5) is 6.79. The lowest BCUT2D eigenvalue weighted by molar-refractivity contribution is 0.0797. The highest BCUT2D eigenvalue weighted by Crippen LogP contribution is 2.36. The van der Waals surface area contributed by atoms with Gasteiger partial charge in [-0.3, -0.25) is 4.98 Å². The SMILES string of the molecule is C=C[C@H]1CN(C)CC[C@H]1C[C@@H](C)[C@@H](O)c1ccnc2ccc(OC)cc12. The molecule has 0 bridgehead atoms. The maximum atomic E-state index is 11.1. The Labute approximate surface area is 156 Å².